The van der Waals surface area contributed by atoms with Crippen molar-refractivity contribution < 1.29 is 0 Å². The fraction of sp³-hybridized carbons (Fsp3) is 0.143. The van der Waals surface area contributed by atoms with Crippen LogP contribution in [0.25, 0.3) is 11.1 Å². The molecule has 0 nitrogen and oxygen atoms in total. The van der Waals surface area contributed by atoms with E-state index >= 15 is 0 Å². The van der Waals surface area contributed by atoms with Crippen molar-refractivity contribution in [3.05, 3.63) is 59.7 Å². The molecule has 0 fully saturated rings. The van der Waals surface area contributed by atoms with E-state index in [1.807, 2.05) is 24.3 Å². The molecule has 0 aromatic heterocycles. The standard InChI is InChI=1S/C14H11Cl3Si/c1-14(18(15,16)17)12-8-4-2-6-10(12)11-7-3-5-9-13(11)14/h2-9H,1H3. The number of fused-ring (bicyclic) bond motifs is 3. The monoisotopic (exact) mass is 312 g/mol. The molecule has 18 heavy (non-hydrogen) atoms. The summed E-state index contributed by atoms with van der Waals surface area (Å²) in [5, 5.41) is -0.467. The summed E-state index contributed by atoms with van der Waals surface area (Å²) in [6.07, 6.45) is 0. The molecule has 1 aliphatic rings. The second-order valence-corrected chi connectivity index (χ2v) is 13.6. The van der Waals surface area contributed by atoms with Crippen molar-refractivity contribution in [3.63, 3.8) is 0 Å². The predicted octanol–water partition coefficient (Wildman–Crippen LogP) is 5.17. The molecule has 0 heterocycles. The zero-order chi connectivity index (χ0) is 13.0. The summed E-state index contributed by atoms with van der Waals surface area (Å²) in [7, 11) is 0. The van der Waals surface area contributed by atoms with E-state index in [1.165, 1.54) is 11.1 Å². The number of hydrogen-bond donors (Lipinski definition) is 0. The molecule has 1 aliphatic carbocycles. The summed E-state index contributed by atoms with van der Waals surface area (Å²) in [5.41, 5.74) is 4.65. The van der Waals surface area contributed by atoms with Crippen LogP contribution in [0.4, 0.5) is 0 Å². The zero-order valence-corrected chi connectivity index (χ0v) is 13.0. The first-order chi connectivity index (χ1) is 8.46. The van der Waals surface area contributed by atoms with Crippen LogP contribution in [0.1, 0.15) is 18.1 Å². The minimum absolute atomic E-state index is 0.467. The highest BCUT2D eigenvalue weighted by Gasteiger charge is 2.55. The Balaban J connectivity index is 2.41. The molecule has 0 amide bonds. The first kappa shape index (κ1) is 12.6. The molecule has 0 aliphatic heterocycles. The van der Waals surface area contributed by atoms with Gasteiger partial charge in [-0.3, -0.25) is 0 Å². The number of rotatable bonds is 1. The van der Waals surface area contributed by atoms with Crippen LogP contribution in [0, 0.1) is 0 Å². The topological polar surface area (TPSA) is 0 Å². The van der Waals surface area contributed by atoms with Gasteiger partial charge in [0.25, 0.3) is 0 Å². The van der Waals surface area contributed by atoms with Crippen LogP contribution >= 0.6 is 33.2 Å². The molecule has 0 bridgehead atoms. The van der Waals surface area contributed by atoms with Crippen LogP contribution in [0.2, 0.25) is 0 Å². The van der Waals surface area contributed by atoms with Gasteiger partial charge in [0.15, 0.2) is 0 Å². The Kier molecular flexibility index (Phi) is 2.80. The highest BCUT2D eigenvalue weighted by Crippen LogP contribution is 2.56. The van der Waals surface area contributed by atoms with Crippen molar-refractivity contribution in [1.29, 1.82) is 0 Å². The number of benzene rings is 2. The third-order valence-corrected chi connectivity index (χ3v) is 8.86. The molecule has 0 radical (unpaired) electrons. The summed E-state index contributed by atoms with van der Waals surface area (Å²) in [4.78, 5) is 0. The average molecular weight is 314 g/mol. The maximum Gasteiger partial charge on any atom is 0.355 e. The van der Waals surface area contributed by atoms with E-state index in [-0.39, 0.29) is 0 Å². The van der Waals surface area contributed by atoms with Crippen LogP contribution < -0.4 is 0 Å². The summed E-state index contributed by atoms with van der Waals surface area (Å²) >= 11 is 19.2. The lowest BCUT2D eigenvalue weighted by molar-refractivity contribution is 0.835. The molecule has 0 atom stereocenters. The summed E-state index contributed by atoms with van der Waals surface area (Å²) in [5.74, 6) is 0. The van der Waals surface area contributed by atoms with E-state index in [4.69, 9.17) is 33.2 Å². The van der Waals surface area contributed by atoms with Gasteiger partial charge in [-0.05, 0) is 22.3 Å². The van der Waals surface area contributed by atoms with E-state index in [1.54, 1.807) is 0 Å². The van der Waals surface area contributed by atoms with Crippen molar-refractivity contribution in [3.8, 4) is 11.1 Å². The number of halogens is 3. The summed E-state index contributed by atoms with van der Waals surface area (Å²) in [6.45, 7) is 2.05. The SMILES string of the molecule is CC1([Si](Cl)(Cl)Cl)c2ccccc2-c2ccccc21. The van der Waals surface area contributed by atoms with Crippen LogP contribution in [-0.2, 0) is 5.04 Å². The molecule has 2 aromatic rings. The Bertz CT molecular complexity index is 571. The molecule has 0 N–H and O–H groups in total. The first-order valence-corrected chi connectivity index (χ1v) is 10.8. The van der Waals surface area contributed by atoms with Gasteiger partial charge in [0, 0.05) is 0 Å². The van der Waals surface area contributed by atoms with Gasteiger partial charge < -0.3 is 0 Å². The normalized spacial score (nSPS) is 16.2. The molecule has 3 rings (SSSR count). The molecule has 0 saturated carbocycles. The Hall–Kier alpha value is -0.473. The molecular weight excluding hydrogens is 303 g/mol. The van der Waals surface area contributed by atoms with Gasteiger partial charge in [-0.15, -0.1) is 33.2 Å². The fourth-order valence-electron chi connectivity index (χ4n) is 2.76. The number of hydrogen-bond acceptors (Lipinski definition) is 0. The Morgan fingerprint density at radius 1 is 0.778 bits per heavy atom. The highest BCUT2D eigenvalue weighted by atomic mass is 35.8. The molecule has 92 valence electrons. The molecule has 4 heteroatoms. The van der Waals surface area contributed by atoms with Gasteiger partial charge in [0.2, 0.25) is 0 Å². The largest absolute Gasteiger partial charge is 0.355 e. The predicted molar refractivity (Wildman–Crippen MR) is 81.6 cm³/mol. The van der Waals surface area contributed by atoms with Crippen LogP contribution in [0.3, 0.4) is 0 Å². The highest BCUT2D eigenvalue weighted by molar-refractivity contribution is 7.65. The summed E-state index contributed by atoms with van der Waals surface area (Å²) < 4.78 is 0. The lowest BCUT2D eigenvalue weighted by Crippen LogP contribution is -2.41. The van der Waals surface area contributed by atoms with Crippen molar-refractivity contribution in [2.75, 3.05) is 0 Å². The van der Waals surface area contributed by atoms with Crippen LogP contribution in [0.15, 0.2) is 48.5 Å². The van der Waals surface area contributed by atoms with Gasteiger partial charge in [-0.25, -0.2) is 0 Å². The molecule has 0 saturated heterocycles. The molecule has 2 aromatic carbocycles. The van der Waals surface area contributed by atoms with Gasteiger partial charge >= 0.3 is 6.00 Å². The van der Waals surface area contributed by atoms with Crippen molar-refractivity contribution in [1.82, 2.24) is 0 Å². The van der Waals surface area contributed by atoms with E-state index < -0.39 is 11.0 Å². The Morgan fingerprint density at radius 2 is 1.17 bits per heavy atom. The van der Waals surface area contributed by atoms with Crippen LogP contribution in [-0.4, -0.2) is 6.00 Å². The maximum atomic E-state index is 6.41. The smallest absolute Gasteiger partial charge is 0.125 e. The average Bonchev–Trinajstić information content (AvgIpc) is 2.62. The van der Waals surface area contributed by atoms with E-state index in [0.717, 1.165) is 11.1 Å². The molecule has 0 spiro atoms. The maximum absolute atomic E-state index is 6.41. The van der Waals surface area contributed by atoms with E-state index in [0.29, 0.717) is 0 Å². The molecular formula is C14H11Cl3Si. The van der Waals surface area contributed by atoms with Gasteiger partial charge in [-0.2, -0.15) is 0 Å². The van der Waals surface area contributed by atoms with Crippen molar-refractivity contribution in [2.45, 2.75) is 12.0 Å². The van der Waals surface area contributed by atoms with Crippen molar-refractivity contribution in [2.24, 2.45) is 0 Å². The van der Waals surface area contributed by atoms with Gasteiger partial charge in [0.05, 0.1) is 5.04 Å². The van der Waals surface area contributed by atoms with Gasteiger partial charge in [0.1, 0.15) is 0 Å². The fourth-order valence-corrected chi connectivity index (χ4v) is 5.64. The lowest BCUT2D eigenvalue weighted by Gasteiger charge is -2.32. The minimum atomic E-state index is -2.93. The Morgan fingerprint density at radius 3 is 1.56 bits per heavy atom. The van der Waals surface area contributed by atoms with E-state index in [9.17, 15) is 0 Å². The third kappa shape index (κ3) is 1.51. The van der Waals surface area contributed by atoms with E-state index in [2.05, 4.69) is 31.2 Å². The quantitative estimate of drug-likeness (QED) is 0.503. The lowest BCUT2D eigenvalue weighted by atomic mass is 9.98. The molecule has 0 unspecified atom stereocenters. The van der Waals surface area contributed by atoms with Crippen molar-refractivity contribution >= 4 is 39.2 Å². The zero-order valence-electron chi connectivity index (χ0n) is 9.75. The van der Waals surface area contributed by atoms with Crippen LogP contribution in [0.5, 0.6) is 0 Å². The first-order valence-electron chi connectivity index (χ1n) is 5.72. The minimum Gasteiger partial charge on any atom is -0.125 e. The second kappa shape index (κ2) is 4.01. The third-order valence-electron chi connectivity index (χ3n) is 3.79. The second-order valence-electron chi connectivity index (χ2n) is 4.71. The summed E-state index contributed by atoms with van der Waals surface area (Å²) in [6, 6.07) is 13.5. The van der Waals surface area contributed by atoms with Gasteiger partial charge in [-0.1, -0.05) is 55.5 Å². The Labute approximate surface area is 122 Å².